The second-order valence-electron chi connectivity index (χ2n) is 8.05. The Morgan fingerprint density at radius 1 is 1.10 bits per heavy atom. The Morgan fingerprint density at radius 3 is 2.74 bits per heavy atom. The number of carbonyl (C=O) groups excluding carboxylic acids is 1. The van der Waals surface area contributed by atoms with Gasteiger partial charge in [-0.2, -0.15) is 15.2 Å². The molecule has 2 aliphatic rings. The lowest BCUT2D eigenvalue weighted by molar-refractivity contribution is 0.0690. The minimum Gasteiger partial charge on any atom is -0.424 e. The maximum absolute atomic E-state index is 14.6. The second-order valence-corrected chi connectivity index (χ2v) is 8.05. The molecule has 0 radical (unpaired) electrons. The fraction of sp³-hybridized carbons (Fsp3) is 0.273. The highest BCUT2D eigenvalue weighted by molar-refractivity contribution is 5.98. The number of amides is 1. The third kappa shape index (κ3) is 2.96. The molecule has 3 heterocycles. The molecule has 8 nitrogen and oxygen atoms in total. The van der Waals surface area contributed by atoms with Crippen LogP contribution >= 0.6 is 0 Å². The van der Waals surface area contributed by atoms with Crippen LogP contribution in [0.5, 0.6) is 0 Å². The minimum atomic E-state index is -0.535. The normalized spacial score (nSPS) is 22.4. The summed E-state index contributed by atoms with van der Waals surface area (Å²) in [6, 6.07) is 12.5. The van der Waals surface area contributed by atoms with Gasteiger partial charge in [0.25, 0.3) is 11.9 Å². The summed E-state index contributed by atoms with van der Waals surface area (Å²) in [7, 11) is 0. The van der Waals surface area contributed by atoms with Crippen LogP contribution in [0, 0.1) is 11.7 Å². The highest BCUT2D eigenvalue weighted by Crippen LogP contribution is 2.40. The van der Waals surface area contributed by atoms with Gasteiger partial charge in [0.15, 0.2) is 11.4 Å². The van der Waals surface area contributed by atoms with Gasteiger partial charge in [0.05, 0.1) is 30.0 Å². The lowest BCUT2D eigenvalue weighted by Gasteiger charge is -2.33. The summed E-state index contributed by atoms with van der Waals surface area (Å²) in [5, 5.41) is 11.4. The SMILES string of the molecule is O=C(c1cccc(F)c1-n1nccn1)N1C[C@@H]2C[C@@H](Nc3nc4ccccc4o3)[C@@H]1C2. The first-order valence-corrected chi connectivity index (χ1v) is 10.3. The summed E-state index contributed by atoms with van der Waals surface area (Å²) in [6.07, 6.45) is 4.75. The van der Waals surface area contributed by atoms with E-state index in [1.165, 1.54) is 24.5 Å². The van der Waals surface area contributed by atoms with E-state index in [2.05, 4.69) is 20.5 Å². The van der Waals surface area contributed by atoms with E-state index in [1.54, 1.807) is 6.07 Å². The van der Waals surface area contributed by atoms with Gasteiger partial charge in [-0.1, -0.05) is 18.2 Å². The molecule has 0 unspecified atom stereocenters. The number of likely N-dealkylation sites (tertiary alicyclic amines) is 1. The van der Waals surface area contributed by atoms with Crippen molar-refractivity contribution in [2.75, 3.05) is 11.9 Å². The molecular weight excluding hydrogens is 399 g/mol. The number of oxazole rings is 1. The van der Waals surface area contributed by atoms with E-state index in [9.17, 15) is 9.18 Å². The van der Waals surface area contributed by atoms with Crippen LogP contribution in [0.3, 0.4) is 0 Å². The van der Waals surface area contributed by atoms with Gasteiger partial charge in [-0.25, -0.2) is 4.39 Å². The van der Waals surface area contributed by atoms with Gasteiger partial charge < -0.3 is 14.6 Å². The zero-order chi connectivity index (χ0) is 20.9. The molecule has 1 amide bonds. The van der Waals surface area contributed by atoms with Gasteiger partial charge in [0, 0.05) is 6.54 Å². The number of fused-ring (bicyclic) bond motifs is 3. The van der Waals surface area contributed by atoms with E-state index in [0.717, 1.165) is 28.7 Å². The zero-order valence-corrected chi connectivity index (χ0v) is 16.5. The number of carbonyl (C=O) groups is 1. The largest absolute Gasteiger partial charge is 0.424 e. The van der Waals surface area contributed by atoms with Crippen molar-refractivity contribution in [3.05, 3.63) is 66.2 Å². The van der Waals surface area contributed by atoms with Crippen molar-refractivity contribution in [3.8, 4) is 5.69 Å². The van der Waals surface area contributed by atoms with Crippen LogP contribution in [0.1, 0.15) is 23.2 Å². The first kappa shape index (κ1) is 18.1. The van der Waals surface area contributed by atoms with Crippen molar-refractivity contribution in [1.29, 1.82) is 0 Å². The average Bonchev–Trinajstić information content (AvgIpc) is 3.56. The number of anilines is 1. The number of piperidine rings is 1. The lowest BCUT2D eigenvalue weighted by atomic mass is 10.0. The van der Waals surface area contributed by atoms with Crippen molar-refractivity contribution >= 4 is 23.0 Å². The number of nitrogens with zero attached hydrogens (tertiary/aromatic N) is 5. The second kappa shape index (κ2) is 6.90. The van der Waals surface area contributed by atoms with E-state index in [1.807, 2.05) is 29.2 Å². The van der Waals surface area contributed by atoms with Crippen LogP contribution in [-0.2, 0) is 0 Å². The van der Waals surface area contributed by atoms with E-state index < -0.39 is 5.82 Å². The van der Waals surface area contributed by atoms with Crippen molar-refractivity contribution in [1.82, 2.24) is 24.9 Å². The van der Waals surface area contributed by atoms with Crippen molar-refractivity contribution in [2.45, 2.75) is 24.9 Å². The van der Waals surface area contributed by atoms with Gasteiger partial charge >= 0.3 is 0 Å². The molecule has 4 aromatic rings. The molecule has 2 bridgehead atoms. The molecule has 1 aliphatic heterocycles. The van der Waals surface area contributed by atoms with Crippen molar-refractivity contribution in [2.24, 2.45) is 5.92 Å². The molecular formula is C22H19FN6O2. The highest BCUT2D eigenvalue weighted by atomic mass is 19.1. The fourth-order valence-electron chi connectivity index (χ4n) is 4.88. The number of hydrogen-bond donors (Lipinski definition) is 1. The van der Waals surface area contributed by atoms with Crippen LogP contribution in [0.2, 0.25) is 0 Å². The molecule has 2 fully saturated rings. The van der Waals surface area contributed by atoms with Gasteiger partial charge in [0.2, 0.25) is 0 Å². The standard InChI is InChI=1S/C22H19FN6O2/c23-15-5-3-4-14(20(15)29-24-8-9-25-29)21(30)28-12-13-10-17(18(28)11-13)27-22-26-16-6-1-2-7-19(16)31-22/h1-9,13,17-18H,10-12H2,(H,26,27)/t13-,17-,18+/m1/s1. The van der Waals surface area contributed by atoms with Gasteiger partial charge in [0.1, 0.15) is 11.2 Å². The van der Waals surface area contributed by atoms with Gasteiger partial charge in [-0.3, -0.25) is 4.79 Å². The van der Waals surface area contributed by atoms with Gasteiger partial charge in [-0.05, 0) is 43.0 Å². The molecule has 1 aliphatic carbocycles. The van der Waals surface area contributed by atoms with Gasteiger partial charge in [-0.15, -0.1) is 4.80 Å². The third-order valence-corrected chi connectivity index (χ3v) is 6.18. The van der Waals surface area contributed by atoms with E-state index in [0.29, 0.717) is 18.5 Å². The number of para-hydroxylation sites is 3. The molecule has 1 N–H and O–H groups in total. The zero-order valence-electron chi connectivity index (χ0n) is 16.5. The molecule has 9 heteroatoms. The number of nitrogens with one attached hydrogen (secondary N) is 1. The topological polar surface area (TPSA) is 89.1 Å². The van der Waals surface area contributed by atoms with E-state index >= 15 is 0 Å². The van der Waals surface area contributed by atoms with Crippen molar-refractivity contribution < 1.29 is 13.6 Å². The summed E-state index contributed by atoms with van der Waals surface area (Å²) in [4.78, 5) is 21.0. The summed E-state index contributed by atoms with van der Waals surface area (Å²) in [6.45, 7) is 0.651. The third-order valence-electron chi connectivity index (χ3n) is 6.18. The Bertz CT molecular complexity index is 1240. The smallest absolute Gasteiger partial charge is 0.295 e. The average molecular weight is 418 g/mol. The molecule has 156 valence electrons. The number of rotatable bonds is 4. The van der Waals surface area contributed by atoms with Crippen LogP contribution in [-0.4, -0.2) is 49.4 Å². The van der Waals surface area contributed by atoms with Crippen LogP contribution in [0.25, 0.3) is 16.8 Å². The predicted molar refractivity (Wildman–Crippen MR) is 110 cm³/mol. The Balaban J connectivity index is 1.28. The van der Waals surface area contributed by atoms with Crippen molar-refractivity contribution in [3.63, 3.8) is 0 Å². The molecule has 6 rings (SSSR count). The lowest BCUT2D eigenvalue weighted by Crippen LogP contribution is -2.48. The fourth-order valence-corrected chi connectivity index (χ4v) is 4.88. The van der Waals surface area contributed by atoms with Crippen LogP contribution < -0.4 is 5.32 Å². The number of halogens is 1. The summed E-state index contributed by atoms with van der Waals surface area (Å²) in [5.41, 5.74) is 1.84. The van der Waals surface area contributed by atoms with Crippen LogP contribution in [0.15, 0.2) is 59.3 Å². The molecule has 1 saturated carbocycles. The van der Waals surface area contributed by atoms with E-state index in [4.69, 9.17) is 4.42 Å². The highest BCUT2D eigenvalue weighted by Gasteiger charge is 2.48. The number of aromatic nitrogens is 4. The molecule has 2 aromatic carbocycles. The Morgan fingerprint density at radius 2 is 1.94 bits per heavy atom. The molecule has 1 saturated heterocycles. The maximum Gasteiger partial charge on any atom is 0.295 e. The molecule has 0 spiro atoms. The predicted octanol–water partition coefficient (Wildman–Crippen LogP) is 3.26. The first-order valence-electron chi connectivity index (χ1n) is 10.3. The number of benzene rings is 2. The quantitative estimate of drug-likeness (QED) is 0.547. The Kier molecular flexibility index (Phi) is 4.02. The summed E-state index contributed by atoms with van der Waals surface area (Å²) < 4.78 is 20.4. The minimum absolute atomic E-state index is 0.0192. The summed E-state index contributed by atoms with van der Waals surface area (Å²) in [5.74, 6) is -0.369. The molecule has 31 heavy (non-hydrogen) atoms. The van der Waals surface area contributed by atoms with Crippen LogP contribution in [0.4, 0.5) is 10.4 Å². The number of hydrogen-bond acceptors (Lipinski definition) is 6. The molecule has 2 aromatic heterocycles. The Labute approximate surface area is 176 Å². The maximum atomic E-state index is 14.6. The Hall–Kier alpha value is -3.75. The monoisotopic (exact) mass is 418 g/mol. The molecule has 3 atom stereocenters. The first-order chi connectivity index (χ1) is 15.2. The van der Waals surface area contributed by atoms with E-state index in [-0.39, 0.29) is 29.2 Å². The summed E-state index contributed by atoms with van der Waals surface area (Å²) >= 11 is 0.